The fourth-order valence-electron chi connectivity index (χ4n) is 2.48. The van der Waals surface area contributed by atoms with E-state index in [1.807, 2.05) is 6.07 Å². The molecule has 1 aromatic heterocycles. The van der Waals surface area contributed by atoms with Crippen molar-refractivity contribution in [3.8, 4) is 0 Å². The largest absolute Gasteiger partial charge is 0.465 e. The lowest BCUT2D eigenvalue weighted by atomic mass is 9.98. The van der Waals surface area contributed by atoms with Gasteiger partial charge in [-0.05, 0) is 38.1 Å². The number of benzene rings is 1. The van der Waals surface area contributed by atoms with E-state index in [2.05, 4.69) is 10.3 Å². The molecule has 3 rings (SSSR count). The van der Waals surface area contributed by atoms with Gasteiger partial charge in [0.2, 0.25) is 0 Å². The monoisotopic (exact) mass is 260 g/mol. The molecule has 1 aromatic carbocycles. The Kier molecular flexibility index (Phi) is 3.21. The van der Waals surface area contributed by atoms with Crippen LogP contribution in [0.25, 0.3) is 11.1 Å². The Morgan fingerprint density at radius 3 is 2.95 bits per heavy atom. The lowest BCUT2D eigenvalue weighted by Crippen LogP contribution is -2.26. The number of hydrogen-bond donors (Lipinski definition) is 1. The summed E-state index contributed by atoms with van der Waals surface area (Å²) in [4.78, 5) is 16.2. The van der Waals surface area contributed by atoms with E-state index in [0.29, 0.717) is 22.6 Å². The molecule has 0 amide bonds. The van der Waals surface area contributed by atoms with Crippen LogP contribution >= 0.6 is 0 Å². The zero-order valence-electron chi connectivity index (χ0n) is 10.8. The first-order chi connectivity index (χ1) is 9.29. The molecule has 0 saturated carbocycles. The van der Waals surface area contributed by atoms with E-state index in [1.165, 1.54) is 7.11 Å². The number of para-hydroxylation sites is 1. The Labute approximate surface area is 111 Å². The van der Waals surface area contributed by atoms with E-state index in [0.717, 1.165) is 31.8 Å². The number of hydrogen-bond acceptors (Lipinski definition) is 5. The van der Waals surface area contributed by atoms with Crippen molar-refractivity contribution in [3.63, 3.8) is 0 Å². The molecular weight excluding hydrogens is 244 g/mol. The van der Waals surface area contributed by atoms with E-state index >= 15 is 0 Å². The van der Waals surface area contributed by atoms with Gasteiger partial charge in [-0.2, -0.15) is 0 Å². The number of carbonyl (C=O) groups is 1. The smallest absolute Gasteiger partial charge is 0.340 e. The number of methoxy groups -OCH3 is 1. The number of esters is 1. The van der Waals surface area contributed by atoms with Crippen LogP contribution in [0.2, 0.25) is 0 Å². The highest BCUT2D eigenvalue weighted by Gasteiger charge is 2.22. The molecule has 2 heterocycles. The van der Waals surface area contributed by atoms with E-state index in [9.17, 15) is 4.79 Å². The number of nitrogens with zero attached hydrogens (tertiary/aromatic N) is 1. The molecule has 0 unspecified atom stereocenters. The number of aromatic nitrogens is 1. The first-order valence-corrected chi connectivity index (χ1v) is 6.48. The zero-order chi connectivity index (χ0) is 13.2. The topological polar surface area (TPSA) is 64.4 Å². The van der Waals surface area contributed by atoms with Crippen LogP contribution in [0, 0.1) is 0 Å². The van der Waals surface area contributed by atoms with Gasteiger partial charge in [-0.1, -0.05) is 6.07 Å². The number of piperidine rings is 1. The van der Waals surface area contributed by atoms with Crippen LogP contribution in [0.1, 0.15) is 35.0 Å². The van der Waals surface area contributed by atoms with Crippen molar-refractivity contribution in [2.45, 2.75) is 18.8 Å². The molecule has 1 aliphatic rings. The van der Waals surface area contributed by atoms with Crippen molar-refractivity contribution >= 4 is 17.1 Å². The Hall–Kier alpha value is -1.88. The molecule has 0 atom stereocenters. The van der Waals surface area contributed by atoms with Gasteiger partial charge in [-0.25, -0.2) is 9.78 Å². The highest BCUT2D eigenvalue weighted by Crippen LogP contribution is 2.29. The van der Waals surface area contributed by atoms with Gasteiger partial charge in [0.25, 0.3) is 0 Å². The summed E-state index contributed by atoms with van der Waals surface area (Å²) in [5.41, 5.74) is 1.71. The molecule has 5 heteroatoms. The SMILES string of the molecule is COC(=O)c1cccc2oc(C3CCNCC3)nc12. The summed E-state index contributed by atoms with van der Waals surface area (Å²) in [7, 11) is 1.37. The molecular formula is C14H16N2O3. The summed E-state index contributed by atoms with van der Waals surface area (Å²) >= 11 is 0. The molecule has 0 spiro atoms. The number of fused-ring (bicyclic) bond motifs is 1. The third-order valence-electron chi connectivity index (χ3n) is 3.53. The Morgan fingerprint density at radius 2 is 2.21 bits per heavy atom. The maximum absolute atomic E-state index is 11.7. The van der Waals surface area contributed by atoms with Crippen molar-refractivity contribution < 1.29 is 13.9 Å². The summed E-state index contributed by atoms with van der Waals surface area (Å²) in [5.74, 6) is 0.683. The normalized spacial score (nSPS) is 16.7. The molecule has 1 saturated heterocycles. The average Bonchev–Trinajstić information content (AvgIpc) is 2.91. The minimum atomic E-state index is -0.379. The fraction of sp³-hybridized carbons (Fsp3) is 0.429. The second-order valence-electron chi connectivity index (χ2n) is 4.72. The quantitative estimate of drug-likeness (QED) is 0.837. The standard InChI is InChI=1S/C14H16N2O3/c1-18-14(17)10-3-2-4-11-12(10)16-13(19-11)9-5-7-15-8-6-9/h2-4,9,15H,5-8H2,1H3. The van der Waals surface area contributed by atoms with Crippen molar-refractivity contribution in [1.82, 2.24) is 10.3 Å². The summed E-state index contributed by atoms with van der Waals surface area (Å²) in [6, 6.07) is 5.33. The summed E-state index contributed by atoms with van der Waals surface area (Å²) < 4.78 is 10.6. The molecule has 0 aliphatic carbocycles. The minimum Gasteiger partial charge on any atom is -0.465 e. The van der Waals surface area contributed by atoms with Crippen molar-refractivity contribution in [3.05, 3.63) is 29.7 Å². The lowest BCUT2D eigenvalue weighted by Gasteiger charge is -2.19. The first-order valence-electron chi connectivity index (χ1n) is 6.48. The van der Waals surface area contributed by atoms with Crippen LogP contribution in [0.5, 0.6) is 0 Å². The summed E-state index contributed by atoms with van der Waals surface area (Å²) in [6.07, 6.45) is 2.03. The van der Waals surface area contributed by atoms with Gasteiger partial charge in [-0.3, -0.25) is 0 Å². The highest BCUT2D eigenvalue weighted by molar-refractivity contribution is 6.01. The first kappa shape index (κ1) is 12.2. The van der Waals surface area contributed by atoms with Gasteiger partial charge < -0.3 is 14.5 Å². The van der Waals surface area contributed by atoms with Crippen LogP contribution in [0.3, 0.4) is 0 Å². The fourth-order valence-corrected chi connectivity index (χ4v) is 2.48. The number of oxazole rings is 1. The summed E-state index contributed by atoms with van der Waals surface area (Å²) in [5, 5.41) is 3.31. The molecule has 1 N–H and O–H groups in total. The third kappa shape index (κ3) is 2.21. The van der Waals surface area contributed by atoms with Gasteiger partial charge in [0.05, 0.1) is 12.7 Å². The molecule has 2 aromatic rings. The second kappa shape index (κ2) is 5.01. The van der Waals surface area contributed by atoms with Crippen LogP contribution < -0.4 is 5.32 Å². The molecule has 19 heavy (non-hydrogen) atoms. The number of rotatable bonds is 2. The maximum Gasteiger partial charge on any atom is 0.340 e. The molecule has 5 nitrogen and oxygen atoms in total. The molecule has 0 bridgehead atoms. The molecule has 1 fully saturated rings. The predicted molar refractivity (Wildman–Crippen MR) is 70.2 cm³/mol. The van der Waals surface area contributed by atoms with Crippen LogP contribution in [0.15, 0.2) is 22.6 Å². The Bertz CT molecular complexity index is 600. The number of ether oxygens (including phenoxy) is 1. The van der Waals surface area contributed by atoms with E-state index in [1.54, 1.807) is 12.1 Å². The molecule has 100 valence electrons. The Balaban J connectivity index is 2.02. The molecule has 0 radical (unpaired) electrons. The van der Waals surface area contributed by atoms with E-state index in [-0.39, 0.29) is 5.97 Å². The van der Waals surface area contributed by atoms with Crippen molar-refractivity contribution in [2.24, 2.45) is 0 Å². The van der Waals surface area contributed by atoms with E-state index < -0.39 is 0 Å². The highest BCUT2D eigenvalue weighted by atomic mass is 16.5. The summed E-state index contributed by atoms with van der Waals surface area (Å²) in [6.45, 7) is 1.96. The Morgan fingerprint density at radius 1 is 1.42 bits per heavy atom. The van der Waals surface area contributed by atoms with Crippen molar-refractivity contribution in [2.75, 3.05) is 20.2 Å². The van der Waals surface area contributed by atoms with Crippen LogP contribution in [0.4, 0.5) is 0 Å². The zero-order valence-corrected chi connectivity index (χ0v) is 10.8. The van der Waals surface area contributed by atoms with Crippen LogP contribution in [-0.4, -0.2) is 31.2 Å². The number of carbonyl (C=O) groups excluding carboxylic acids is 1. The van der Waals surface area contributed by atoms with Gasteiger partial charge in [0, 0.05) is 5.92 Å². The van der Waals surface area contributed by atoms with Gasteiger partial charge in [-0.15, -0.1) is 0 Å². The average molecular weight is 260 g/mol. The van der Waals surface area contributed by atoms with Gasteiger partial charge in [0.1, 0.15) is 5.52 Å². The third-order valence-corrected chi connectivity index (χ3v) is 3.53. The lowest BCUT2D eigenvalue weighted by molar-refractivity contribution is 0.0603. The second-order valence-corrected chi connectivity index (χ2v) is 4.72. The van der Waals surface area contributed by atoms with Gasteiger partial charge >= 0.3 is 5.97 Å². The maximum atomic E-state index is 11.7. The van der Waals surface area contributed by atoms with Crippen molar-refractivity contribution in [1.29, 1.82) is 0 Å². The predicted octanol–water partition coefficient (Wildman–Crippen LogP) is 2.08. The number of nitrogens with one attached hydrogen (secondary N) is 1. The van der Waals surface area contributed by atoms with Gasteiger partial charge in [0.15, 0.2) is 11.5 Å². The van der Waals surface area contributed by atoms with E-state index in [4.69, 9.17) is 9.15 Å². The minimum absolute atomic E-state index is 0.333. The molecule has 1 aliphatic heterocycles. The van der Waals surface area contributed by atoms with Crippen LogP contribution in [-0.2, 0) is 4.74 Å².